The number of para-hydroxylation sites is 2. The molecule has 0 fully saturated rings. The first-order valence-corrected chi connectivity index (χ1v) is 26.2. The van der Waals surface area contributed by atoms with Gasteiger partial charge in [-0.2, -0.15) is 26.3 Å². The van der Waals surface area contributed by atoms with Gasteiger partial charge in [0, 0.05) is 34.1 Å². The molecule has 2 nitrogen and oxygen atoms in total. The van der Waals surface area contributed by atoms with Crippen LogP contribution in [0.25, 0.3) is 76.8 Å². The van der Waals surface area contributed by atoms with Gasteiger partial charge in [-0.3, -0.25) is 0 Å². The summed E-state index contributed by atoms with van der Waals surface area (Å²) < 4.78 is 92.3. The molecule has 16 rings (SSSR count). The molecule has 0 spiro atoms. The van der Waals surface area contributed by atoms with Crippen LogP contribution < -0.4 is 42.6 Å². The lowest BCUT2D eigenvalue weighted by Crippen LogP contribution is -2.60. The van der Waals surface area contributed by atoms with E-state index in [1.165, 1.54) is 24.3 Å². The van der Waals surface area contributed by atoms with E-state index in [2.05, 4.69) is 78.9 Å². The molecule has 0 saturated carbocycles. The average molecular weight is 1020 g/mol. The fraction of sp³-hybridized carbons (Fsp3) is 0.0588. The van der Waals surface area contributed by atoms with E-state index in [0.717, 1.165) is 138 Å². The van der Waals surface area contributed by atoms with Crippen LogP contribution in [0, 0.1) is 13.8 Å². The summed E-state index contributed by atoms with van der Waals surface area (Å²) in [7, 11) is 0. The summed E-state index contributed by atoms with van der Waals surface area (Å²) in [6.45, 7) is 3.10. The van der Waals surface area contributed by atoms with Gasteiger partial charge in [0.05, 0.1) is 11.1 Å². The third kappa shape index (κ3) is 6.20. The summed E-state index contributed by atoms with van der Waals surface area (Å²) in [5, 5.41) is 5.72. The predicted octanol–water partition coefficient (Wildman–Crippen LogP) is 15.1. The van der Waals surface area contributed by atoms with Crippen LogP contribution in [-0.4, -0.2) is 13.4 Å². The van der Waals surface area contributed by atoms with Crippen molar-refractivity contribution in [2.24, 2.45) is 0 Å². The molecule has 78 heavy (non-hydrogen) atoms. The Balaban J connectivity index is 1.12. The van der Waals surface area contributed by atoms with Gasteiger partial charge in [0.25, 0.3) is 0 Å². The number of alkyl halides is 6. The Morgan fingerprint density at radius 2 is 0.744 bits per heavy atom. The predicted molar refractivity (Wildman–Crippen MR) is 310 cm³/mol. The zero-order valence-electron chi connectivity index (χ0n) is 41.9. The molecule has 0 amide bonds. The summed E-state index contributed by atoms with van der Waals surface area (Å²) in [6, 6.07) is 66.3. The van der Waals surface area contributed by atoms with Crippen molar-refractivity contribution in [3.63, 3.8) is 0 Å². The van der Waals surface area contributed by atoms with E-state index < -0.39 is 36.9 Å². The third-order valence-electron chi connectivity index (χ3n) is 17.1. The van der Waals surface area contributed by atoms with E-state index >= 15 is 13.2 Å². The van der Waals surface area contributed by atoms with Crippen molar-refractivity contribution in [2.75, 3.05) is 9.80 Å². The second-order valence-corrected chi connectivity index (χ2v) is 21.4. The van der Waals surface area contributed by atoms with E-state index in [1.807, 2.05) is 121 Å². The summed E-state index contributed by atoms with van der Waals surface area (Å²) in [4.78, 5) is 4.01. The highest BCUT2D eigenvalue weighted by Gasteiger charge is 2.47. The second-order valence-electron chi connectivity index (χ2n) is 21.4. The van der Waals surface area contributed by atoms with Gasteiger partial charge in [-0.05, 0) is 190 Å². The molecule has 370 valence electrons. The molecule has 4 aliphatic rings. The zero-order chi connectivity index (χ0) is 52.7. The van der Waals surface area contributed by atoms with Gasteiger partial charge in [0.2, 0.25) is 13.4 Å². The number of benzene rings is 12. The third-order valence-corrected chi connectivity index (χ3v) is 17.1. The number of hydrogen-bond acceptors (Lipinski definition) is 2. The first-order chi connectivity index (χ1) is 37.8. The second kappa shape index (κ2) is 15.8. The van der Waals surface area contributed by atoms with Gasteiger partial charge in [0.1, 0.15) is 0 Å². The largest absolute Gasteiger partial charge is 0.416 e. The van der Waals surface area contributed by atoms with E-state index in [9.17, 15) is 13.2 Å². The molecule has 0 unspecified atom stereocenters. The smallest absolute Gasteiger partial charge is 0.311 e. The van der Waals surface area contributed by atoms with Crippen LogP contribution in [-0.2, 0) is 12.4 Å². The number of anilines is 6. The minimum Gasteiger partial charge on any atom is -0.311 e. The highest BCUT2D eigenvalue weighted by atomic mass is 19.4. The molecule has 0 aromatic heterocycles. The minimum absolute atomic E-state index is 0.453. The first-order valence-electron chi connectivity index (χ1n) is 26.2. The van der Waals surface area contributed by atoms with Crippen LogP contribution in [0.4, 0.5) is 60.5 Å². The number of hydrogen-bond donors (Lipinski definition) is 0. The Morgan fingerprint density at radius 3 is 1.24 bits per heavy atom. The maximum atomic E-state index is 15.8. The van der Waals surface area contributed by atoms with Crippen LogP contribution >= 0.6 is 0 Å². The highest BCUT2D eigenvalue weighted by molar-refractivity contribution is 7.02. The lowest BCUT2D eigenvalue weighted by molar-refractivity contribution is -0.138. The molecule has 0 aliphatic carbocycles. The summed E-state index contributed by atoms with van der Waals surface area (Å²) in [6.07, 6.45) is -9.28. The van der Waals surface area contributed by atoms with Crippen molar-refractivity contribution in [3.8, 4) is 44.5 Å². The molecule has 0 saturated heterocycles. The molecule has 12 aromatic carbocycles. The fourth-order valence-electron chi connectivity index (χ4n) is 14.0. The van der Waals surface area contributed by atoms with Gasteiger partial charge >= 0.3 is 12.4 Å². The van der Waals surface area contributed by atoms with Crippen molar-refractivity contribution in [1.29, 1.82) is 0 Å². The first kappa shape index (κ1) is 45.2. The fourth-order valence-corrected chi connectivity index (χ4v) is 14.0. The van der Waals surface area contributed by atoms with E-state index in [4.69, 9.17) is 0 Å². The van der Waals surface area contributed by atoms with E-state index in [-0.39, 0.29) is 0 Å². The van der Waals surface area contributed by atoms with Crippen molar-refractivity contribution >= 4 is 113 Å². The molecular formula is C68H40B2F6N2. The van der Waals surface area contributed by atoms with Crippen molar-refractivity contribution in [3.05, 3.63) is 229 Å². The van der Waals surface area contributed by atoms with Crippen molar-refractivity contribution in [2.45, 2.75) is 26.2 Å². The van der Waals surface area contributed by atoms with E-state index in [1.54, 1.807) is 6.07 Å². The monoisotopic (exact) mass is 1020 g/mol. The van der Waals surface area contributed by atoms with Crippen LogP contribution in [0.3, 0.4) is 0 Å². The van der Waals surface area contributed by atoms with Gasteiger partial charge < -0.3 is 9.80 Å². The van der Waals surface area contributed by atoms with Crippen LogP contribution in [0.2, 0.25) is 0 Å². The zero-order valence-corrected chi connectivity index (χ0v) is 41.9. The molecule has 12 aromatic rings. The maximum Gasteiger partial charge on any atom is 0.416 e. The van der Waals surface area contributed by atoms with Gasteiger partial charge in [-0.15, -0.1) is 0 Å². The summed E-state index contributed by atoms with van der Waals surface area (Å²) in [5.74, 6) is 0. The van der Waals surface area contributed by atoms with Crippen LogP contribution in [0.15, 0.2) is 206 Å². The standard InChI is InChI=1S/C68H40B2F6N2/c1-37-23-25-53-57(28-37)77(43-19-11-5-12-20-43)60-32-42(68(74,75)76)30-52-48-34-46(40-17-9-4-10-18-40)50-35-55-61-47(33-45(39-15-7-3-8-16-39)49-36-56(69(53)66(52)60)62(48)64(50)63(49)61)51-27-38(2)29-59-65(51)70(55)54-26-24-41(67(71,72)73)31-58(54)78(59)44-21-13-6-14-22-44/h3-36H,1-2H3. The number of aryl methyl sites for hydroxylation is 2. The van der Waals surface area contributed by atoms with Gasteiger partial charge in [0.15, 0.2) is 0 Å². The molecule has 0 N–H and O–H groups in total. The van der Waals surface area contributed by atoms with E-state index in [0.29, 0.717) is 16.9 Å². The van der Waals surface area contributed by atoms with Gasteiger partial charge in [-0.25, -0.2) is 0 Å². The van der Waals surface area contributed by atoms with Crippen LogP contribution in [0.5, 0.6) is 0 Å². The number of rotatable bonds is 4. The lowest BCUT2D eigenvalue weighted by atomic mass is 9.31. The van der Waals surface area contributed by atoms with Crippen molar-refractivity contribution in [1.82, 2.24) is 0 Å². The molecule has 4 aliphatic heterocycles. The summed E-state index contributed by atoms with van der Waals surface area (Å²) >= 11 is 0. The average Bonchev–Trinajstić information content (AvgIpc) is 2.11. The molecule has 4 heterocycles. The SMILES string of the molecule is Cc1ccc2c(c1)N(c1ccccc1)c1cc(C(F)(F)F)cc3c1B2c1cc2c(-c4ccccc4)cc4c5c(cc6c(-c7ccccc7)cc-3c1c6c25)B1c2ccc(C(F)(F)F)cc2N(c2ccccc2)c2cc(C)cc-4c21. The molecule has 0 radical (unpaired) electrons. The lowest BCUT2D eigenvalue weighted by Gasteiger charge is -2.43. The Bertz CT molecular complexity index is 4560. The molecular weight excluding hydrogens is 980 g/mol. The van der Waals surface area contributed by atoms with Crippen molar-refractivity contribution < 1.29 is 26.3 Å². The number of fused-ring (bicyclic) bond motifs is 8. The maximum absolute atomic E-state index is 15.8. The minimum atomic E-state index is -4.68. The highest BCUT2D eigenvalue weighted by Crippen LogP contribution is 2.53. The normalized spacial score (nSPS) is 13.8. The summed E-state index contributed by atoms with van der Waals surface area (Å²) in [5.41, 5.74) is 17.0. The number of halogens is 6. The quantitative estimate of drug-likeness (QED) is 0.0985. The number of nitrogens with zero attached hydrogens (tertiary/aromatic N) is 2. The Morgan fingerprint density at radius 1 is 0.321 bits per heavy atom. The molecule has 0 bridgehead atoms. The Hall–Kier alpha value is -9.01. The van der Waals surface area contributed by atoms with Crippen LogP contribution in [0.1, 0.15) is 22.3 Å². The topological polar surface area (TPSA) is 6.48 Å². The molecule has 10 heteroatoms. The van der Waals surface area contributed by atoms with Gasteiger partial charge in [-0.1, -0.05) is 150 Å². The molecule has 0 atom stereocenters. The Labute approximate surface area is 446 Å². The Kier molecular flexibility index (Phi) is 9.15.